The highest BCUT2D eigenvalue weighted by Crippen LogP contribution is 2.46. The van der Waals surface area contributed by atoms with Crippen molar-refractivity contribution in [3.8, 4) is 0 Å². The number of nitrogen functional groups attached to an aromatic ring is 1. The largest absolute Gasteiger partial charge is 0.397 e. The van der Waals surface area contributed by atoms with Crippen LogP contribution in [-0.2, 0) is 0 Å². The number of carbonyl (C=O) groups excluding carboxylic acids is 2. The van der Waals surface area contributed by atoms with Crippen molar-refractivity contribution in [2.24, 2.45) is 17.1 Å². The van der Waals surface area contributed by atoms with Crippen molar-refractivity contribution in [2.45, 2.75) is 32.6 Å². The Morgan fingerprint density at radius 1 is 1.40 bits per heavy atom. The third kappa shape index (κ3) is 2.40. The second-order valence-electron chi connectivity index (χ2n) is 6.22. The molecule has 0 aliphatic heterocycles. The summed E-state index contributed by atoms with van der Waals surface area (Å²) in [7, 11) is 0. The molecule has 1 heterocycles. The van der Waals surface area contributed by atoms with E-state index in [0.717, 1.165) is 19.4 Å². The van der Waals surface area contributed by atoms with Crippen LogP contribution in [0.4, 0.5) is 10.7 Å². The lowest BCUT2D eigenvalue weighted by Crippen LogP contribution is -2.17. The molecule has 0 radical (unpaired) electrons. The summed E-state index contributed by atoms with van der Waals surface area (Å²) < 4.78 is 0. The number of hydrogen-bond donors (Lipinski definition) is 3. The van der Waals surface area contributed by atoms with E-state index >= 15 is 0 Å². The summed E-state index contributed by atoms with van der Waals surface area (Å²) in [6.45, 7) is 2.97. The van der Waals surface area contributed by atoms with Crippen molar-refractivity contribution in [3.63, 3.8) is 0 Å². The zero-order valence-corrected chi connectivity index (χ0v) is 12.3. The maximum Gasteiger partial charge on any atom is 0.253 e. The van der Waals surface area contributed by atoms with Gasteiger partial charge in [0, 0.05) is 12.5 Å². The van der Waals surface area contributed by atoms with Crippen molar-refractivity contribution in [3.05, 3.63) is 10.4 Å². The van der Waals surface area contributed by atoms with Gasteiger partial charge in [-0.05, 0) is 31.1 Å². The van der Waals surface area contributed by atoms with E-state index in [-0.39, 0.29) is 23.0 Å². The van der Waals surface area contributed by atoms with Crippen LogP contribution in [0.3, 0.4) is 0 Å². The maximum atomic E-state index is 12.2. The van der Waals surface area contributed by atoms with Crippen LogP contribution in [0.15, 0.2) is 0 Å². The Kier molecular flexibility index (Phi) is 3.01. The van der Waals surface area contributed by atoms with Gasteiger partial charge in [-0.3, -0.25) is 9.59 Å². The van der Waals surface area contributed by atoms with Gasteiger partial charge in [0.05, 0.1) is 16.1 Å². The summed E-state index contributed by atoms with van der Waals surface area (Å²) in [5.74, 6) is -0.428. The summed E-state index contributed by atoms with van der Waals surface area (Å²) in [4.78, 5) is 24.3. The minimum atomic E-state index is -0.572. The van der Waals surface area contributed by atoms with Gasteiger partial charge in [-0.2, -0.15) is 0 Å². The SMILES string of the molecule is CC1(CNc2sc(C(=O)C3CC3)c(N)c2C(N)=O)CC1. The first-order valence-electron chi connectivity index (χ1n) is 6.91. The second-order valence-corrected chi connectivity index (χ2v) is 7.24. The third-order valence-corrected chi connectivity index (χ3v) is 5.32. The van der Waals surface area contributed by atoms with Gasteiger partial charge < -0.3 is 16.8 Å². The van der Waals surface area contributed by atoms with Gasteiger partial charge in [0.2, 0.25) is 0 Å². The average Bonchev–Trinajstić information content (AvgIpc) is 3.28. The molecule has 108 valence electrons. The maximum absolute atomic E-state index is 12.2. The zero-order chi connectivity index (χ0) is 14.5. The Morgan fingerprint density at radius 3 is 2.55 bits per heavy atom. The molecule has 1 aromatic heterocycles. The van der Waals surface area contributed by atoms with Crippen LogP contribution in [0.2, 0.25) is 0 Å². The number of amides is 1. The number of primary amides is 1. The summed E-state index contributed by atoms with van der Waals surface area (Å²) in [5.41, 5.74) is 12.2. The van der Waals surface area contributed by atoms with E-state index in [1.807, 2.05) is 0 Å². The lowest BCUT2D eigenvalue weighted by molar-refractivity contribution is 0.0972. The van der Waals surface area contributed by atoms with Gasteiger partial charge in [0.1, 0.15) is 5.00 Å². The van der Waals surface area contributed by atoms with Crippen molar-refractivity contribution in [2.75, 3.05) is 17.6 Å². The van der Waals surface area contributed by atoms with Crippen molar-refractivity contribution >= 4 is 33.7 Å². The predicted octanol–water partition coefficient (Wildman–Crippen LogP) is 2.23. The molecule has 2 fully saturated rings. The fourth-order valence-corrected chi connectivity index (χ4v) is 3.35. The van der Waals surface area contributed by atoms with Gasteiger partial charge in [0.25, 0.3) is 5.91 Å². The Bertz CT molecular complexity index is 585. The highest BCUT2D eigenvalue weighted by molar-refractivity contribution is 7.19. The van der Waals surface area contributed by atoms with E-state index in [1.54, 1.807) is 0 Å². The van der Waals surface area contributed by atoms with Crippen LogP contribution in [0.1, 0.15) is 52.6 Å². The fraction of sp³-hybridized carbons (Fsp3) is 0.571. The van der Waals surface area contributed by atoms with E-state index in [2.05, 4.69) is 12.2 Å². The number of hydrogen-bond acceptors (Lipinski definition) is 5. The Labute approximate surface area is 121 Å². The van der Waals surface area contributed by atoms with Gasteiger partial charge >= 0.3 is 0 Å². The van der Waals surface area contributed by atoms with Gasteiger partial charge in [-0.25, -0.2) is 0 Å². The minimum absolute atomic E-state index is 0.0562. The molecule has 2 saturated carbocycles. The average molecular weight is 293 g/mol. The smallest absolute Gasteiger partial charge is 0.253 e. The predicted molar refractivity (Wildman–Crippen MR) is 80.1 cm³/mol. The number of nitrogens with one attached hydrogen (secondary N) is 1. The molecule has 5 N–H and O–H groups in total. The van der Waals surface area contributed by atoms with Gasteiger partial charge in [-0.1, -0.05) is 6.92 Å². The molecule has 0 saturated heterocycles. The molecule has 2 aliphatic rings. The number of rotatable bonds is 6. The summed E-state index contributed by atoms with van der Waals surface area (Å²) >= 11 is 1.27. The van der Waals surface area contributed by atoms with Crippen molar-refractivity contribution < 1.29 is 9.59 Å². The second kappa shape index (κ2) is 4.48. The van der Waals surface area contributed by atoms with Crippen molar-refractivity contribution in [1.82, 2.24) is 0 Å². The van der Waals surface area contributed by atoms with E-state index < -0.39 is 5.91 Å². The molecule has 0 bridgehead atoms. The lowest BCUT2D eigenvalue weighted by Gasteiger charge is -2.10. The first-order valence-corrected chi connectivity index (χ1v) is 7.73. The third-order valence-electron chi connectivity index (χ3n) is 4.14. The molecule has 3 rings (SSSR count). The summed E-state index contributed by atoms with van der Waals surface area (Å²) in [6, 6.07) is 0. The van der Waals surface area contributed by atoms with Crippen LogP contribution in [0, 0.1) is 11.3 Å². The fourth-order valence-electron chi connectivity index (χ4n) is 2.21. The first kappa shape index (κ1) is 13.4. The molecule has 1 aromatic rings. The van der Waals surface area contributed by atoms with Crippen LogP contribution >= 0.6 is 11.3 Å². The molecular weight excluding hydrogens is 274 g/mol. The standard InChI is InChI=1S/C14H19N3O2S/c1-14(4-5-14)6-17-13-8(12(16)19)9(15)11(20-13)10(18)7-2-3-7/h7,17H,2-6,15H2,1H3,(H2,16,19). The zero-order valence-electron chi connectivity index (χ0n) is 11.5. The highest BCUT2D eigenvalue weighted by atomic mass is 32.1. The number of Topliss-reactive ketones (excluding diaryl/α,β-unsaturated/α-hetero) is 1. The monoisotopic (exact) mass is 293 g/mol. The van der Waals surface area contributed by atoms with E-state index in [4.69, 9.17) is 11.5 Å². The van der Waals surface area contributed by atoms with Gasteiger partial charge in [0.15, 0.2) is 5.78 Å². The number of carbonyl (C=O) groups is 2. The molecule has 6 heteroatoms. The molecule has 20 heavy (non-hydrogen) atoms. The molecule has 0 aromatic carbocycles. The molecule has 2 aliphatic carbocycles. The van der Waals surface area contributed by atoms with E-state index in [9.17, 15) is 9.59 Å². The van der Waals surface area contributed by atoms with E-state index in [1.165, 1.54) is 24.2 Å². The summed E-state index contributed by atoms with van der Waals surface area (Å²) in [6.07, 6.45) is 4.20. The molecule has 0 unspecified atom stereocenters. The Morgan fingerprint density at radius 2 is 2.05 bits per heavy atom. The number of anilines is 2. The van der Waals surface area contributed by atoms with Gasteiger partial charge in [-0.15, -0.1) is 11.3 Å². The topological polar surface area (TPSA) is 98.2 Å². The quantitative estimate of drug-likeness (QED) is 0.700. The summed E-state index contributed by atoms with van der Waals surface area (Å²) in [5, 5.41) is 3.90. The Hall–Kier alpha value is -1.56. The minimum Gasteiger partial charge on any atom is -0.397 e. The molecule has 5 nitrogen and oxygen atoms in total. The molecule has 0 spiro atoms. The van der Waals surface area contributed by atoms with Crippen LogP contribution < -0.4 is 16.8 Å². The number of thiophene rings is 1. The van der Waals surface area contributed by atoms with Crippen molar-refractivity contribution in [1.29, 1.82) is 0 Å². The van der Waals surface area contributed by atoms with Crippen LogP contribution in [-0.4, -0.2) is 18.2 Å². The van der Waals surface area contributed by atoms with E-state index in [0.29, 0.717) is 15.3 Å². The number of ketones is 1. The highest BCUT2D eigenvalue weighted by Gasteiger charge is 2.38. The first-order chi connectivity index (χ1) is 9.41. The molecule has 1 amide bonds. The lowest BCUT2D eigenvalue weighted by atomic mass is 10.1. The van der Waals surface area contributed by atoms with Crippen LogP contribution in [0.5, 0.6) is 0 Å². The normalized spacial score (nSPS) is 19.6. The van der Waals surface area contributed by atoms with Crippen LogP contribution in [0.25, 0.3) is 0 Å². The number of nitrogens with two attached hydrogens (primary N) is 2. The molecule has 0 atom stereocenters. The molecular formula is C14H19N3O2S. The Balaban J connectivity index is 1.88.